The lowest BCUT2D eigenvalue weighted by molar-refractivity contribution is 0.153. The molecule has 0 radical (unpaired) electrons. The van der Waals surface area contributed by atoms with E-state index in [0.717, 1.165) is 16.8 Å². The summed E-state index contributed by atoms with van der Waals surface area (Å²) in [5, 5.41) is 6.39. The largest absolute Gasteiger partial charge is 0.380 e. The summed E-state index contributed by atoms with van der Waals surface area (Å²) < 4.78 is 10.1. The van der Waals surface area contributed by atoms with Gasteiger partial charge in [0.1, 0.15) is 0 Å². The molecule has 0 bridgehead atoms. The predicted molar refractivity (Wildman–Crippen MR) is 121 cm³/mol. The van der Waals surface area contributed by atoms with Gasteiger partial charge in [0.2, 0.25) is 5.95 Å². The molecule has 1 atom stereocenters. The summed E-state index contributed by atoms with van der Waals surface area (Å²) in [6.45, 7) is 9.66. The zero-order valence-corrected chi connectivity index (χ0v) is 18.6. The third kappa shape index (κ3) is 3.59. The van der Waals surface area contributed by atoms with Crippen LogP contribution in [-0.2, 0) is 18.3 Å². The minimum absolute atomic E-state index is 0.152. The van der Waals surface area contributed by atoms with E-state index in [9.17, 15) is 9.59 Å². The Hall–Kier alpha value is -3.20. The molecule has 0 amide bonds. The second kappa shape index (κ2) is 8.14. The Balaban J connectivity index is 1.90. The highest BCUT2D eigenvalue weighted by Gasteiger charge is 2.30. The van der Waals surface area contributed by atoms with Gasteiger partial charge in [-0.2, -0.15) is 10.1 Å². The van der Waals surface area contributed by atoms with Crippen molar-refractivity contribution in [3.05, 3.63) is 56.2 Å². The first-order chi connectivity index (χ1) is 14.8. The summed E-state index contributed by atoms with van der Waals surface area (Å²) in [6, 6.07) is 7.67. The lowest BCUT2D eigenvalue weighted by Gasteiger charge is -2.29. The number of aryl methyl sites for hydroxylation is 2. The second-order valence-corrected chi connectivity index (χ2v) is 7.91. The molecule has 3 aromatic rings. The Morgan fingerprint density at radius 3 is 2.68 bits per heavy atom. The number of rotatable bonds is 6. The fourth-order valence-corrected chi connectivity index (χ4v) is 3.96. The van der Waals surface area contributed by atoms with Crippen LogP contribution >= 0.6 is 0 Å². The quantitative estimate of drug-likeness (QED) is 0.565. The van der Waals surface area contributed by atoms with E-state index < -0.39 is 0 Å². The monoisotopic (exact) mass is 424 g/mol. The summed E-state index contributed by atoms with van der Waals surface area (Å²) >= 11 is 0. The first-order valence-electron chi connectivity index (χ1n) is 10.5. The van der Waals surface area contributed by atoms with E-state index in [0.29, 0.717) is 36.9 Å². The van der Waals surface area contributed by atoms with Crippen LogP contribution in [0.3, 0.4) is 0 Å². The van der Waals surface area contributed by atoms with Crippen molar-refractivity contribution in [2.45, 2.75) is 40.3 Å². The lowest BCUT2D eigenvalue weighted by Crippen LogP contribution is -2.40. The number of aromatic nitrogens is 4. The van der Waals surface area contributed by atoms with Crippen LogP contribution in [0.15, 0.2) is 39.0 Å². The van der Waals surface area contributed by atoms with E-state index in [1.54, 1.807) is 12.1 Å². The Morgan fingerprint density at radius 1 is 1.19 bits per heavy atom. The molecule has 1 aliphatic heterocycles. The van der Waals surface area contributed by atoms with Gasteiger partial charge < -0.3 is 4.74 Å². The van der Waals surface area contributed by atoms with Crippen LogP contribution in [0.5, 0.6) is 0 Å². The summed E-state index contributed by atoms with van der Waals surface area (Å²) in [6.07, 6.45) is 0. The van der Waals surface area contributed by atoms with Gasteiger partial charge in [-0.15, -0.1) is 0 Å². The number of anilines is 1. The molecule has 4 rings (SSSR count). The molecule has 9 nitrogen and oxygen atoms in total. The highest BCUT2D eigenvalue weighted by atomic mass is 16.5. The van der Waals surface area contributed by atoms with Crippen LogP contribution in [0.25, 0.3) is 11.2 Å². The number of fused-ring (bicyclic) bond motifs is 3. The number of hydrogen-bond donors (Lipinski definition) is 0. The van der Waals surface area contributed by atoms with Crippen LogP contribution in [0, 0.1) is 6.92 Å². The molecule has 3 heterocycles. The molecule has 9 heteroatoms. The molecule has 0 unspecified atom stereocenters. The van der Waals surface area contributed by atoms with Gasteiger partial charge in [-0.25, -0.2) is 9.80 Å². The molecule has 0 N–H and O–H groups in total. The Labute approximate surface area is 180 Å². The summed E-state index contributed by atoms with van der Waals surface area (Å²) in [7, 11) is 1.65. The molecule has 0 saturated heterocycles. The SMILES string of the molecule is CCOCCN1N=C(C)[C@@H](C)n2c1nc1c2c(=O)n(Cc2cccc(C)c2)c(=O)n1C. The van der Waals surface area contributed by atoms with Gasteiger partial charge in [-0.3, -0.25) is 18.5 Å². The Morgan fingerprint density at radius 2 is 1.97 bits per heavy atom. The highest BCUT2D eigenvalue weighted by molar-refractivity contribution is 5.91. The van der Waals surface area contributed by atoms with E-state index in [2.05, 4.69) is 10.1 Å². The van der Waals surface area contributed by atoms with Crippen molar-refractivity contribution in [3.63, 3.8) is 0 Å². The van der Waals surface area contributed by atoms with Crippen molar-refractivity contribution in [3.8, 4) is 0 Å². The van der Waals surface area contributed by atoms with Gasteiger partial charge in [0, 0.05) is 13.7 Å². The maximum Gasteiger partial charge on any atom is 0.332 e. The molecule has 31 heavy (non-hydrogen) atoms. The van der Waals surface area contributed by atoms with E-state index in [1.165, 1.54) is 9.13 Å². The van der Waals surface area contributed by atoms with E-state index in [-0.39, 0.29) is 23.8 Å². The lowest BCUT2D eigenvalue weighted by atomic mass is 10.1. The van der Waals surface area contributed by atoms with E-state index in [1.807, 2.05) is 56.5 Å². The van der Waals surface area contributed by atoms with E-state index >= 15 is 0 Å². The number of benzene rings is 1. The van der Waals surface area contributed by atoms with Crippen LogP contribution in [-0.4, -0.2) is 44.2 Å². The molecule has 0 fully saturated rings. The van der Waals surface area contributed by atoms with Crippen molar-refractivity contribution in [1.82, 2.24) is 18.7 Å². The van der Waals surface area contributed by atoms with Crippen LogP contribution < -0.4 is 16.3 Å². The number of nitrogens with zero attached hydrogens (tertiary/aromatic N) is 6. The predicted octanol–water partition coefficient (Wildman–Crippen LogP) is 2.05. The number of hydrogen-bond acceptors (Lipinski definition) is 6. The average molecular weight is 425 g/mol. The second-order valence-electron chi connectivity index (χ2n) is 7.91. The third-order valence-corrected chi connectivity index (χ3v) is 5.73. The molecular weight excluding hydrogens is 396 g/mol. The van der Waals surface area contributed by atoms with Gasteiger partial charge in [0.25, 0.3) is 5.56 Å². The van der Waals surface area contributed by atoms with Gasteiger partial charge in [0.15, 0.2) is 11.2 Å². The normalized spacial score (nSPS) is 16.0. The fraction of sp³-hybridized carbons (Fsp3) is 0.455. The summed E-state index contributed by atoms with van der Waals surface area (Å²) in [5.41, 5.74) is 2.89. The number of imidazole rings is 1. The summed E-state index contributed by atoms with van der Waals surface area (Å²) in [5.74, 6) is 0.549. The minimum atomic E-state index is -0.388. The van der Waals surface area contributed by atoms with Crippen molar-refractivity contribution in [2.24, 2.45) is 12.1 Å². The van der Waals surface area contributed by atoms with E-state index in [4.69, 9.17) is 4.74 Å². The molecule has 0 spiro atoms. The Kier molecular flexibility index (Phi) is 5.53. The standard InChI is InChI=1S/C22H28N6O3/c1-6-31-11-10-27-21-23-19-18(28(21)16(4)15(3)24-27)20(29)26(22(30)25(19)5)13-17-9-7-8-14(2)12-17/h7-9,12,16H,6,10-11,13H2,1-5H3/t16-/m1/s1. The van der Waals surface area contributed by atoms with Gasteiger partial charge in [0.05, 0.1) is 31.4 Å². The van der Waals surface area contributed by atoms with Crippen molar-refractivity contribution in [1.29, 1.82) is 0 Å². The first-order valence-corrected chi connectivity index (χ1v) is 10.5. The van der Waals surface area contributed by atoms with Gasteiger partial charge >= 0.3 is 5.69 Å². The zero-order valence-electron chi connectivity index (χ0n) is 18.6. The molecule has 1 aromatic carbocycles. The number of hydrazone groups is 1. The highest BCUT2D eigenvalue weighted by Crippen LogP contribution is 2.29. The van der Waals surface area contributed by atoms with Crippen molar-refractivity contribution < 1.29 is 4.74 Å². The minimum Gasteiger partial charge on any atom is -0.380 e. The molecule has 0 aliphatic carbocycles. The van der Waals surface area contributed by atoms with Crippen LogP contribution in [0.1, 0.15) is 37.9 Å². The maximum atomic E-state index is 13.5. The van der Waals surface area contributed by atoms with Crippen LogP contribution in [0.2, 0.25) is 0 Å². The average Bonchev–Trinajstić information content (AvgIpc) is 3.15. The molecule has 164 valence electrons. The van der Waals surface area contributed by atoms with Gasteiger partial charge in [-0.05, 0) is 33.3 Å². The smallest absolute Gasteiger partial charge is 0.332 e. The number of ether oxygens (including phenoxy) is 1. The topological polar surface area (TPSA) is 86.7 Å². The Bertz CT molecular complexity index is 1280. The van der Waals surface area contributed by atoms with Crippen molar-refractivity contribution in [2.75, 3.05) is 24.8 Å². The molecule has 2 aromatic heterocycles. The fourth-order valence-electron chi connectivity index (χ4n) is 3.96. The zero-order chi connectivity index (χ0) is 22.3. The maximum absolute atomic E-state index is 13.5. The van der Waals surface area contributed by atoms with Crippen LogP contribution in [0.4, 0.5) is 5.95 Å². The molecule has 0 saturated carbocycles. The van der Waals surface area contributed by atoms with Crippen molar-refractivity contribution >= 4 is 22.8 Å². The van der Waals surface area contributed by atoms with Gasteiger partial charge in [-0.1, -0.05) is 29.8 Å². The molecule has 1 aliphatic rings. The third-order valence-electron chi connectivity index (χ3n) is 5.73. The summed E-state index contributed by atoms with van der Waals surface area (Å²) in [4.78, 5) is 31.3. The first kappa shape index (κ1) is 21.0. The molecular formula is C22H28N6O3.